The van der Waals surface area contributed by atoms with Crippen molar-refractivity contribution in [3.8, 4) is 11.3 Å². The van der Waals surface area contributed by atoms with E-state index >= 15 is 0 Å². The number of oxazole rings is 1. The second kappa shape index (κ2) is 6.45. The lowest BCUT2D eigenvalue weighted by Gasteiger charge is -2.06. The Hall–Kier alpha value is -1.27. The maximum absolute atomic E-state index is 11.1. The van der Waals surface area contributed by atoms with Crippen LogP contribution in [0, 0.1) is 0 Å². The first-order valence-corrected chi connectivity index (χ1v) is 9.37. The molecule has 0 aliphatic heterocycles. The van der Waals surface area contributed by atoms with Crippen LogP contribution in [0.25, 0.3) is 11.3 Å². The second-order valence-corrected chi connectivity index (χ2v) is 8.28. The normalized spacial score (nSPS) is 13.3. The third-order valence-corrected chi connectivity index (χ3v) is 5.10. The van der Waals surface area contributed by atoms with Crippen molar-refractivity contribution >= 4 is 21.6 Å². The first kappa shape index (κ1) is 15.1. The highest BCUT2D eigenvalue weighted by Crippen LogP contribution is 2.30. The number of thioether (sulfide) groups is 1. The summed E-state index contributed by atoms with van der Waals surface area (Å²) in [5, 5.41) is 0.0363. The van der Waals surface area contributed by atoms with E-state index in [2.05, 4.69) is 4.98 Å². The molecule has 0 saturated carbocycles. The molecule has 0 unspecified atom stereocenters. The molecule has 0 spiro atoms. The lowest BCUT2D eigenvalue weighted by atomic mass is 10.2. The molecule has 0 bridgehead atoms. The van der Waals surface area contributed by atoms with Gasteiger partial charge in [-0.2, -0.15) is 0 Å². The first-order valence-electron chi connectivity index (χ1n) is 6.26. The monoisotopic (exact) mass is 311 g/mol. The van der Waals surface area contributed by atoms with Crippen LogP contribution in [-0.4, -0.2) is 31.2 Å². The fourth-order valence-electron chi connectivity index (χ4n) is 1.66. The maximum atomic E-state index is 11.1. The van der Waals surface area contributed by atoms with Gasteiger partial charge in [-0.05, 0) is 6.92 Å². The largest absolute Gasteiger partial charge is 0.440 e. The SMILES string of the molecule is C[C@H](SCCS(C)(=O)=O)c1ncc(-c2ccccc2)o1. The molecule has 2 aromatic rings. The van der Waals surface area contributed by atoms with Crippen molar-refractivity contribution < 1.29 is 12.8 Å². The third kappa shape index (κ3) is 4.38. The lowest BCUT2D eigenvalue weighted by Crippen LogP contribution is -2.06. The van der Waals surface area contributed by atoms with Gasteiger partial charge in [-0.1, -0.05) is 30.3 Å². The zero-order chi connectivity index (χ0) is 14.6. The smallest absolute Gasteiger partial charge is 0.207 e. The van der Waals surface area contributed by atoms with Gasteiger partial charge in [0.05, 0.1) is 17.2 Å². The van der Waals surface area contributed by atoms with Crippen molar-refractivity contribution in [2.45, 2.75) is 12.2 Å². The molecule has 4 nitrogen and oxygen atoms in total. The summed E-state index contributed by atoms with van der Waals surface area (Å²) in [4.78, 5) is 4.27. The van der Waals surface area contributed by atoms with Gasteiger partial charge in [-0.25, -0.2) is 13.4 Å². The molecule has 0 aliphatic carbocycles. The van der Waals surface area contributed by atoms with Gasteiger partial charge in [-0.3, -0.25) is 0 Å². The van der Waals surface area contributed by atoms with Crippen LogP contribution in [0.3, 0.4) is 0 Å². The topological polar surface area (TPSA) is 60.2 Å². The molecule has 0 radical (unpaired) electrons. The molecular formula is C14H17NO3S2. The van der Waals surface area contributed by atoms with Gasteiger partial charge in [0, 0.05) is 17.6 Å². The molecule has 0 amide bonds. The Labute approximate surface area is 123 Å². The zero-order valence-corrected chi connectivity index (χ0v) is 13.1. The van der Waals surface area contributed by atoms with Gasteiger partial charge < -0.3 is 4.42 Å². The summed E-state index contributed by atoms with van der Waals surface area (Å²) in [5.41, 5.74) is 0.986. The summed E-state index contributed by atoms with van der Waals surface area (Å²) in [7, 11) is -2.91. The van der Waals surface area contributed by atoms with Crippen LogP contribution in [0.5, 0.6) is 0 Å². The Morgan fingerprint density at radius 3 is 2.65 bits per heavy atom. The van der Waals surface area contributed by atoms with E-state index in [9.17, 15) is 8.42 Å². The number of nitrogens with zero attached hydrogens (tertiary/aromatic N) is 1. The first-order chi connectivity index (χ1) is 9.46. The van der Waals surface area contributed by atoms with Crippen molar-refractivity contribution in [2.75, 3.05) is 17.8 Å². The van der Waals surface area contributed by atoms with Gasteiger partial charge in [-0.15, -0.1) is 11.8 Å². The number of sulfone groups is 1. The Kier molecular flexibility index (Phi) is 4.88. The minimum absolute atomic E-state index is 0.0363. The second-order valence-electron chi connectivity index (χ2n) is 4.57. The average Bonchev–Trinajstić information content (AvgIpc) is 2.88. The Morgan fingerprint density at radius 1 is 1.30 bits per heavy atom. The van der Waals surface area contributed by atoms with Gasteiger partial charge in [0.2, 0.25) is 5.89 Å². The fraction of sp³-hybridized carbons (Fsp3) is 0.357. The molecule has 0 fully saturated rings. The fourth-order valence-corrected chi connectivity index (χ4v) is 3.86. The number of hydrogen-bond acceptors (Lipinski definition) is 5. The zero-order valence-electron chi connectivity index (χ0n) is 11.4. The van der Waals surface area contributed by atoms with Gasteiger partial charge in [0.15, 0.2) is 5.76 Å². The highest BCUT2D eigenvalue weighted by molar-refractivity contribution is 8.00. The van der Waals surface area contributed by atoms with E-state index in [-0.39, 0.29) is 11.0 Å². The minimum atomic E-state index is -2.91. The summed E-state index contributed by atoms with van der Waals surface area (Å²) in [6.07, 6.45) is 2.95. The van der Waals surface area contributed by atoms with Gasteiger partial charge >= 0.3 is 0 Å². The average molecular weight is 311 g/mol. The minimum Gasteiger partial charge on any atom is -0.440 e. The Balaban J connectivity index is 1.98. The summed E-state index contributed by atoms with van der Waals surface area (Å²) >= 11 is 1.53. The van der Waals surface area contributed by atoms with Gasteiger partial charge in [0.25, 0.3) is 0 Å². The summed E-state index contributed by atoms with van der Waals surface area (Å²) in [6.45, 7) is 1.97. The number of rotatable bonds is 6. The van der Waals surface area contributed by atoms with Crippen LogP contribution < -0.4 is 0 Å². The standard InChI is InChI=1S/C14H17NO3S2/c1-11(19-8-9-20(2,16)17)14-15-10-13(18-14)12-6-4-3-5-7-12/h3-7,10-11H,8-9H2,1-2H3/t11-/m0/s1. The molecule has 1 aromatic carbocycles. The third-order valence-electron chi connectivity index (χ3n) is 2.75. The molecule has 1 aromatic heterocycles. The molecular weight excluding hydrogens is 294 g/mol. The highest BCUT2D eigenvalue weighted by Gasteiger charge is 2.14. The Morgan fingerprint density at radius 2 is 2.00 bits per heavy atom. The van der Waals surface area contributed by atoms with Crippen molar-refractivity contribution in [3.05, 3.63) is 42.4 Å². The van der Waals surface area contributed by atoms with Gasteiger partial charge in [0.1, 0.15) is 9.84 Å². The van der Waals surface area contributed by atoms with Crippen molar-refractivity contribution in [1.29, 1.82) is 0 Å². The van der Waals surface area contributed by atoms with Crippen LogP contribution in [-0.2, 0) is 9.84 Å². The van der Waals surface area contributed by atoms with Crippen LogP contribution in [0.15, 0.2) is 40.9 Å². The quantitative estimate of drug-likeness (QED) is 0.820. The Bertz CT molecular complexity index is 650. The van der Waals surface area contributed by atoms with E-state index < -0.39 is 9.84 Å². The van der Waals surface area contributed by atoms with Crippen LogP contribution in [0.1, 0.15) is 18.1 Å². The molecule has 0 saturated heterocycles. The predicted molar refractivity (Wildman–Crippen MR) is 82.5 cm³/mol. The maximum Gasteiger partial charge on any atom is 0.207 e. The number of aromatic nitrogens is 1. The summed E-state index contributed by atoms with van der Waals surface area (Å²) in [6, 6.07) is 9.77. The molecule has 6 heteroatoms. The number of benzene rings is 1. The highest BCUT2D eigenvalue weighted by atomic mass is 32.2. The van der Waals surface area contributed by atoms with E-state index in [1.165, 1.54) is 18.0 Å². The van der Waals surface area contributed by atoms with Crippen LogP contribution in [0.4, 0.5) is 0 Å². The molecule has 2 rings (SSSR count). The lowest BCUT2D eigenvalue weighted by molar-refractivity contribution is 0.510. The molecule has 1 heterocycles. The summed E-state index contributed by atoms with van der Waals surface area (Å²) in [5.74, 6) is 2.08. The van der Waals surface area contributed by atoms with Crippen molar-refractivity contribution in [3.63, 3.8) is 0 Å². The van der Waals surface area contributed by atoms with Crippen molar-refractivity contribution in [2.24, 2.45) is 0 Å². The van der Waals surface area contributed by atoms with Crippen molar-refractivity contribution in [1.82, 2.24) is 4.98 Å². The van der Waals surface area contributed by atoms with E-state index in [4.69, 9.17) is 4.42 Å². The van der Waals surface area contributed by atoms with Crippen LogP contribution >= 0.6 is 11.8 Å². The van der Waals surface area contributed by atoms with E-state index in [0.717, 1.165) is 11.3 Å². The van der Waals surface area contributed by atoms with E-state index in [1.807, 2.05) is 37.3 Å². The molecule has 1 atom stereocenters. The molecule has 0 aliphatic rings. The molecule has 108 valence electrons. The number of hydrogen-bond donors (Lipinski definition) is 0. The molecule has 20 heavy (non-hydrogen) atoms. The van der Waals surface area contributed by atoms with E-state index in [0.29, 0.717) is 11.6 Å². The predicted octanol–water partition coefficient (Wildman–Crippen LogP) is 3.18. The van der Waals surface area contributed by atoms with E-state index in [1.54, 1.807) is 6.20 Å². The summed E-state index contributed by atoms with van der Waals surface area (Å²) < 4.78 is 27.9. The molecule has 0 N–H and O–H groups in total. The van der Waals surface area contributed by atoms with Crippen LogP contribution in [0.2, 0.25) is 0 Å².